The number of rotatable bonds is 3. The van der Waals surface area contributed by atoms with E-state index in [0.29, 0.717) is 10.6 Å². The highest BCUT2D eigenvalue weighted by Crippen LogP contribution is 2.25. The van der Waals surface area contributed by atoms with Gasteiger partial charge in [-0.3, -0.25) is 4.79 Å². The molecule has 0 spiro atoms. The lowest BCUT2D eigenvalue weighted by atomic mass is 10.0. The number of thiophene rings is 1. The summed E-state index contributed by atoms with van der Waals surface area (Å²) in [6, 6.07) is 6.29. The van der Waals surface area contributed by atoms with Crippen LogP contribution in [-0.4, -0.2) is 5.78 Å². The minimum atomic E-state index is -0.430. The molecule has 1 aromatic heterocycles. The zero-order valence-corrected chi connectivity index (χ0v) is 11.7. The van der Waals surface area contributed by atoms with E-state index in [0.717, 1.165) is 9.75 Å². The zero-order valence-electron chi connectivity index (χ0n) is 10.1. The fourth-order valence-corrected chi connectivity index (χ4v) is 3.04. The van der Waals surface area contributed by atoms with Crippen molar-refractivity contribution < 1.29 is 9.18 Å². The molecule has 0 bridgehead atoms. The highest BCUT2D eigenvalue weighted by atomic mass is 35.5. The standard InChI is InChI=1S/C14H12ClFOS/c1-8-6-10(9(2)18-8)14(17)7-11-12(15)4-3-5-13(11)16/h3-6H,7H2,1-2H3. The van der Waals surface area contributed by atoms with E-state index < -0.39 is 5.82 Å². The SMILES string of the molecule is Cc1cc(C(=O)Cc2c(F)cccc2Cl)c(C)s1. The van der Waals surface area contributed by atoms with Crippen molar-refractivity contribution in [1.29, 1.82) is 0 Å². The fourth-order valence-electron chi connectivity index (χ4n) is 1.86. The van der Waals surface area contributed by atoms with Crippen LogP contribution in [0.1, 0.15) is 25.7 Å². The van der Waals surface area contributed by atoms with Crippen LogP contribution in [0.15, 0.2) is 24.3 Å². The molecule has 1 heterocycles. The van der Waals surface area contributed by atoms with Crippen molar-refractivity contribution in [2.75, 3.05) is 0 Å². The molecular formula is C14H12ClFOS. The lowest BCUT2D eigenvalue weighted by Crippen LogP contribution is -2.06. The van der Waals surface area contributed by atoms with Crippen LogP contribution in [-0.2, 0) is 6.42 Å². The number of ketones is 1. The molecule has 0 radical (unpaired) electrons. The van der Waals surface area contributed by atoms with E-state index in [4.69, 9.17) is 11.6 Å². The Balaban J connectivity index is 2.30. The summed E-state index contributed by atoms with van der Waals surface area (Å²) >= 11 is 7.49. The van der Waals surface area contributed by atoms with Gasteiger partial charge < -0.3 is 0 Å². The van der Waals surface area contributed by atoms with Crippen molar-refractivity contribution in [2.24, 2.45) is 0 Å². The molecule has 0 N–H and O–H groups in total. The van der Waals surface area contributed by atoms with E-state index in [1.165, 1.54) is 12.1 Å². The van der Waals surface area contributed by atoms with Gasteiger partial charge in [0.2, 0.25) is 0 Å². The summed E-state index contributed by atoms with van der Waals surface area (Å²) in [4.78, 5) is 14.2. The van der Waals surface area contributed by atoms with E-state index >= 15 is 0 Å². The van der Waals surface area contributed by atoms with Crippen molar-refractivity contribution in [1.82, 2.24) is 0 Å². The summed E-state index contributed by atoms with van der Waals surface area (Å²) < 4.78 is 13.6. The van der Waals surface area contributed by atoms with Gasteiger partial charge in [-0.05, 0) is 32.0 Å². The molecule has 0 atom stereocenters. The minimum absolute atomic E-state index is 0.00250. The van der Waals surface area contributed by atoms with E-state index in [1.807, 2.05) is 19.9 Å². The van der Waals surface area contributed by atoms with Crippen molar-refractivity contribution in [3.8, 4) is 0 Å². The molecule has 2 aromatic rings. The molecule has 0 fully saturated rings. The van der Waals surface area contributed by atoms with Gasteiger partial charge >= 0.3 is 0 Å². The Bertz CT molecular complexity index is 584. The van der Waals surface area contributed by atoms with E-state index in [2.05, 4.69) is 0 Å². The average molecular weight is 283 g/mol. The van der Waals surface area contributed by atoms with E-state index in [-0.39, 0.29) is 17.8 Å². The predicted octanol–water partition coefficient (Wildman–Crippen LogP) is 4.58. The molecule has 94 valence electrons. The Morgan fingerprint density at radius 1 is 1.39 bits per heavy atom. The quantitative estimate of drug-likeness (QED) is 0.753. The molecule has 0 aliphatic rings. The van der Waals surface area contributed by atoms with Gasteiger partial charge in [0.05, 0.1) is 0 Å². The highest BCUT2D eigenvalue weighted by molar-refractivity contribution is 7.12. The van der Waals surface area contributed by atoms with Crippen LogP contribution in [0.2, 0.25) is 5.02 Å². The van der Waals surface area contributed by atoms with Crippen LogP contribution < -0.4 is 0 Å². The third-order valence-electron chi connectivity index (χ3n) is 2.74. The Morgan fingerprint density at radius 3 is 2.67 bits per heavy atom. The summed E-state index contributed by atoms with van der Waals surface area (Å²) in [7, 11) is 0. The number of hydrogen-bond donors (Lipinski definition) is 0. The van der Waals surface area contributed by atoms with Gasteiger partial charge in [0, 0.05) is 32.3 Å². The maximum Gasteiger partial charge on any atom is 0.168 e. The third kappa shape index (κ3) is 2.62. The van der Waals surface area contributed by atoms with Crippen molar-refractivity contribution in [3.63, 3.8) is 0 Å². The lowest BCUT2D eigenvalue weighted by Gasteiger charge is -2.04. The zero-order chi connectivity index (χ0) is 13.3. The number of halogens is 2. The Morgan fingerprint density at radius 2 is 2.11 bits per heavy atom. The first-order valence-corrected chi connectivity index (χ1v) is 6.71. The Hall–Kier alpha value is -1.19. The van der Waals surface area contributed by atoms with Gasteiger partial charge in [-0.25, -0.2) is 4.39 Å². The number of Topliss-reactive ketones (excluding diaryl/α,β-unsaturated/α-hetero) is 1. The number of benzene rings is 1. The summed E-state index contributed by atoms with van der Waals surface area (Å²) in [5, 5.41) is 0.299. The smallest absolute Gasteiger partial charge is 0.168 e. The predicted molar refractivity (Wildman–Crippen MR) is 73.2 cm³/mol. The lowest BCUT2D eigenvalue weighted by molar-refractivity contribution is 0.0991. The third-order valence-corrected chi connectivity index (χ3v) is 4.06. The molecule has 1 aromatic carbocycles. The molecule has 2 rings (SSSR count). The molecule has 1 nitrogen and oxygen atoms in total. The maximum atomic E-state index is 13.6. The van der Waals surface area contributed by atoms with Gasteiger partial charge in [0.25, 0.3) is 0 Å². The summed E-state index contributed by atoms with van der Waals surface area (Å²) in [5.41, 5.74) is 0.934. The summed E-state index contributed by atoms with van der Waals surface area (Å²) in [6.45, 7) is 3.85. The second-order valence-corrected chi connectivity index (χ2v) is 5.99. The minimum Gasteiger partial charge on any atom is -0.294 e. The second-order valence-electron chi connectivity index (χ2n) is 4.13. The molecule has 0 aliphatic carbocycles. The van der Waals surface area contributed by atoms with Crippen LogP contribution >= 0.6 is 22.9 Å². The first-order valence-electron chi connectivity index (χ1n) is 5.52. The number of carbonyl (C=O) groups is 1. The Labute approximate surface area is 114 Å². The summed E-state index contributed by atoms with van der Waals surface area (Å²) in [6.07, 6.45) is 0.00250. The monoisotopic (exact) mass is 282 g/mol. The van der Waals surface area contributed by atoms with Crippen molar-refractivity contribution in [3.05, 3.63) is 56.0 Å². The van der Waals surface area contributed by atoms with Crippen LogP contribution in [0, 0.1) is 19.7 Å². The molecule has 0 saturated carbocycles. The number of carbonyl (C=O) groups excluding carboxylic acids is 1. The van der Waals surface area contributed by atoms with Crippen molar-refractivity contribution in [2.45, 2.75) is 20.3 Å². The first-order chi connectivity index (χ1) is 8.49. The van der Waals surface area contributed by atoms with Gasteiger partial charge in [0.1, 0.15) is 5.82 Å². The van der Waals surface area contributed by atoms with Crippen LogP contribution in [0.25, 0.3) is 0 Å². The normalized spacial score (nSPS) is 10.7. The van der Waals surface area contributed by atoms with E-state index in [9.17, 15) is 9.18 Å². The second kappa shape index (κ2) is 5.21. The van der Waals surface area contributed by atoms with E-state index in [1.54, 1.807) is 17.4 Å². The molecular weight excluding hydrogens is 271 g/mol. The van der Waals surface area contributed by atoms with Crippen molar-refractivity contribution >= 4 is 28.7 Å². The van der Waals surface area contributed by atoms with Crippen LogP contribution in [0.3, 0.4) is 0 Å². The fraction of sp³-hybridized carbons (Fsp3) is 0.214. The van der Waals surface area contributed by atoms with Crippen LogP contribution in [0.5, 0.6) is 0 Å². The molecule has 4 heteroatoms. The molecule has 0 unspecified atom stereocenters. The molecule has 0 aliphatic heterocycles. The summed E-state index contributed by atoms with van der Waals surface area (Å²) in [5.74, 6) is -0.524. The number of hydrogen-bond acceptors (Lipinski definition) is 2. The molecule has 0 amide bonds. The first kappa shape index (κ1) is 13.2. The van der Waals surface area contributed by atoms with Gasteiger partial charge in [-0.1, -0.05) is 17.7 Å². The van der Waals surface area contributed by atoms with Gasteiger partial charge in [-0.15, -0.1) is 11.3 Å². The highest BCUT2D eigenvalue weighted by Gasteiger charge is 2.16. The van der Waals surface area contributed by atoms with Crippen LogP contribution in [0.4, 0.5) is 4.39 Å². The molecule has 0 saturated heterocycles. The molecule has 18 heavy (non-hydrogen) atoms. The van der Waals surface area contributed by atoms with Gasteiger partial charge in [-0.2, -0.15) is 0 Å². The maximum absolute atomic E-state index is 13.6. The largest absolute Gasteiger partial charge is 0.294 e. The topological polar surface area (TPSA) is 17.1 Å². The number of aryl methyl sites for hydroxylation is 2. The van der Waals surface area contributed by atoms with Gasteiger partial charge in [0.15, 0.2) is 5.78 Å². The average Bonchev–Trinajstić information content (AvgIpc) is 2.63. The Kier molecular flexibility index (Phi) is 3.83.